The second kappa shape index (κ2) is 7.49. The van der Waals surface area contributed by atoms with Gasteiger partial charge in [-0.2, -0.15) is 0 Å². The molecule has 0 aliphatic carbocycles. The normalized spacial score (nSPS) is 14.8. The molecular formula is C15H21BrN4O2. The van der Waals surface area contributed by atoms with Gasteiger partial charge in [-0.1, -0.05) is 15.9 Å². The fourth-order valence-corrected chi connectivity index (χ4v) is 2.56. The first-order valence-electron chi connectivity index (χ1n) is 7.23. The van der Waals surface area contributed by atoms with Crippen LogP contribution >= 0.6 is 15.9 Å². The zero-order valence-corrected chi connectivity index (χ0v) is 14.2. The highest BCUT2D eigenvalue weighted by atomic mass is 79.9. The summed E-state index contributed by atoms with van der Waals surface area (Å²) in [7, 11) is 0. The van der Waals surface area contributed by atoms with Crippen molar-refractivity contribution in [3.63, 3.8) is 0 Å². The number of hydrogen-bond acceptors (Lipinski definition) is 3. The lowest BCUT2D eigenvalue weighted by atomic mass is 10.2. The molecule has 6 nitrogen and oxygen atoms in total. The molecule has 0 saturated carbocycles. The van der Waals surface area contributed by atoms with Crippen molar-refractivity contribution < 1.29 is 9.53 Å². The fourth-order valence-electron chi connectivity index (χ4n) is 2.32. The van der Waals surface area contributed by atoms with Crippen LogP contribution in [0.2, 0.25) is 0 Å². The Bertz CT molecular complexity index is 556. The van der Waals surface area contributed by atoms with Crippen molar-refractivity contribution in [1.82, 2.24) is 9.80 Å². The molecule has 1 fully saturated rings. The van der Waals surface area contributed by atoms with Crippen LogP contribution in [0, 0.1) is 12.3 Å². The Hall–Kier alpha value is -1.76. The molecule has 0 atom stereocenters. The average molecular weight is 369 g/mol. The van der Waals surface area contributed by atoms with Gasteiger partial charge >= 0.3 is 0 Å². The maximum absolute atomic E-state index is 12.1. The molecule has 0 unspecified atom stereocenters. The van der Waals surface area contributed by atoms with E-state index in [9.17, 15) is 4.79 Å². The van der Waals surface area contributed by atoms with Gasteiger partial charge in [-0.05, 0) is 30.7 Å². The molecule has 1 heterocycles. The third-order valence-electron chi connectivity index (χ3n) is 3.69. The van der Waals surface area contributed by atoms with Gasteiger partial charge in [0.05, 0.1) is 13.0 Å². The molecule has 0 spiro atoms. The lowest BCUT2D eigenvalue weighted by Gasteiger charge is -2.34. The first-order valence-corrected chi connectivity index (χ1v) is 8.02. The van der Waals surface area contributed by atoms with Crippen molar-refractivity contribution in [2.24, 2.45) is 5.73 Å². The summed E-state index contributed by atoms with van der Waals surface area (Å²) in [4.78, 5) is 15.7. The molecule has 0 radical (unpaired) electrons. The maximum atomic E-state index is 12.1. The Morgan fingerprint density at radius 1 is 1.32 bits per heavy atom. The smallest absolute Gasteiger partial charge is 0.226 e. The molecule has 1 aromatic rings. The third-order valence-corrected chi connectivity index (χ3v) is 4.58. The largest absolute Gasteiger partial charge is 0.493 e. The summed E-state index contributed by atoms with van der Waals surface area (Å²) in [6.45, 7) is 4.82. The van der Waals surface area contributed by atoms with Crippen molar-refractivity contribution in [2.75, 3.05) is 32.8 Å². The zero-order valence-electron chi connectivity index (χ0n) is 12.6. The molecule has 1 amide bonds. The number of piperazine rings is 1. The Labute approximate surface area is 138 Å². The van der Waals surface area contributed by atoms with Crippen molar-refractivity contribution in [3.05, 3.63) is 28.2 Å². The molecule has 0 bridgehead atoms. The lowest BCUT2D eigenvalue weighted by Crippen LogP contribution is -2.52. The van der Waals surface area contributed by atoms with Gasteiger partial charge in [0.25, 0.3) is 0 Å². The van der Waals surface area contributed by atoms with Crippen LogP contribution in [0.3, 0.4) is 0 Å². The first kappa shape index (κ1) is 16.6. The van der Waals surface area contributed by atoms with Gasteiger partial charge in [-0.15, -0.1) is 0 Å². The van der Waals surface area contributed by atoms with Crippen LogP contribution in [0.1, 0.15) is 12.0 Å². The van der Waals surface area contributed by atoms with Crippen LogP contribution in [0.25, 0.3) is 0 Å². The second-order valence-corrected chi connectivity index (χ2v) is 6.12. The highest BCUT2D eigenvalue weighted by Gasteiger charge is 2.21. The summed E-state index contributed by atoms with van der Waals surface area (Å²) in [6.07, 6.45) is 0.356. The summed E-state index contributed by atoms with van der Waals surface area (Å²) >= 11 is 3.44. The Balaban J connectivity index is 1.74. The number of nitrogens with two attached hydrogens (primary N) is 1. The fraction of sp³-hybridized carbons (Fsp3) is 0.467. The average Bonchev–Trinajstić information content (AvgIpc) is 2.51. The number of carbonyl (C=O) groups excluding carboxylic acids is 1. The topological polar surface area (TPSA) is 82.7 Å². The Morgan fingerprint density at radius 3 is 2.55 bits per heavy atom. The number of aryl methyl sites for hydroxylation is 1. The molecule has 2 rings (SSSR count). The van der Waals surface area contributed by atoms with Crippen LogP contribution < -0.4 is 10.5 Å². The number of nitrogens with one attached hydrogen (secondary N) is 1. The molecule has 7 heteroatoms. The number of hydrogen-bond donors (Lipinski definition) is 2. The summed E-state index contributed by atoms with van der Waals surface area (Å²) in [5.41, 5.74) is 6.54. The minimum absolute atomic E-state index is 0.0704. The summed E-state index contributed by atoms with van der Waals surface area (Å²) in [5.74, 6) is 0.924. The number of halogens is 1. The Morgan fingerprint density at radius 2 is 1.95 bits per heavy atom. The van der Waals surface area contributed by atoms with E-state index in [-0.39, 0.29) is 11.9 Å². The van der Waals surface area contributed by atoms with E-state index in [1.165, 1.54) is 0 Å². The summed E-state index contributed by atoms with van der Waals surface area (Å²) in [6, 6.07) is 5.76. The number of amides is 1. The summed E-state index contributed by atoms with van der Waals surface area (Å²) < 4.78 is 6.67. The van der Waals surface area contributed by atoms with E-state index < -0.39 is 0 Å². The third kappa shape index (κ3) is 4.37. The van der Waals surface area contributed by atoms with E-state index in [0.29, 0.717) is 39.2 Å². The zero-order chi connectivity index (χ0) is 16.1. The molecule has 22 heavy (non-hydrogen) atoms. The number of benzene rings is 1. The second-order valence-electron chi connectivity index (χ2n) is 5.26. The molecule has 3 N–H and O–H groups in total. The van der Waals surface area contributed by atoms with E-state index in [1.54, 1.807) is 9.80 Å². The van der Waals surface area contributed by atoms with E-state index >= 15 is 0 Å². The van der Waals surface area contributed by atoms with Crippen LogP contribution in [0.5, 0.6) is 5.75 Å². The minimum Gasteiger partial charge on any atom is -0.493 e. The van der Waals surface area contributed by atoms with Crippen LogP contribution in [-0.4, -0.2) is 54.5 Å². The van der Waals surface area contributed by atoms with Crippen LogP contribution in [-0.2, 0) is 4.79 Å². The molecule has 1 aliphatic rings. The molecule has 120 valence electrons. The standard InChI is InChI=1S/C15H21BrN4O2/c1-11-10-12(2-3-13(11)16)22-9-4-14(21)19-5-7-20(8-6-19)15(17)18/h2-3,10H,4-9H2,1H3,(H3,17,18). The molecule has 1 aromatic carbocycles. The quantitative estimate of drug-likeness (QED) is 0.624. The van der Waals surface area contributed by atoms with Crippen molar-refractivity contribution in [3.8, 4) is 5.75 Å². The van der Waals surface area contributed by atoms with E-state index in [2.05, 4.69) is 15.9 Å². The number of ether oxygens (including phenoxy) is 1. The number of nitrogens with zero attached hydrogens (tertiary/aromatic N) is 2. The van der Waals surface area contributed by atoms with Gasteiger partial charge in [-0.3, -0.25) is 10.2 Å². The molecule has 1 saturated heterocycles. The van der Waals surface area contributed by atoms with Gasteiger partial charge in [0.1, 0.15) is 5.75 Å². The van der Waals surface area contributed by atoms with E-state index in [4.69, 9.17) is 15.9 Å². The molecular weight excluding hydrogens is 348 g/mol. The monoisotopic (exact) mass is 368 g/mol. The first-order chi connectivity index (χ1) is 10.5. The van der Waals surface area contributed by atoms with E-state index in [0.717, 1.165) is 15.8 Å². The van der Waals surface area contributed by atoms with Crippen molar-refractivity contribution in [2.45, 2.75) is 13.3 Å². The Kier molecular flexibility index (Phi) is 5.65. The number of guanidine groups is 1. The van der Waals surface area contributed by atoms with Crippen LogP contribution in [0.4, 0.5) is 0 Å². The SMILES string of the molecule is Cc1cc(OCCC(=O)N2CCN(C(=N)N)CC2)ccc1Br. The number of carbonyl (C=O) groups is 1. The number of rotatable bonds is 4. The van der Waals surface area contributed by atoms with Gasteiger partial charge in [-0.25, -0.2) is 0 Å². The highest BCUT2D eigenvalue weighted by Crippen LogP contribution is 2.21. The van der Waals surface area contributed by atoms with Crippen molar-refractivity contribution >= 4 is 27.8 Å². The predicted molar refractivity (Wildman–Crippen MR) is 89.1 cm³/mol. The van der Waals surface area contributed by atoms with Crippen molar-refractivity contribution in [1.29, 1.82) is 5.41 Å². The highest BCUT2D eigenvalue weighted by molar-refractivity contribution is 9.10. The lowest BCUT2D eigenvalue weighted by molar-refractivity contribution is -0.133. The van der Waals surface area contributed by atoms with E-state index in [1.807, 2.05) is 25.1 Å². The van der Waals surface area contributed by atoms with Gasteiger partial charge in [0.15, 0.2) is 5.96 Å². The molecule has 0 aromatic heterocycles. The van der Waals surface area contributed by atoms with Gasteiger partial charge in [0.2, 0.25) is 5.91 Å². The molecule has 1 aliphatic heterocycles. The maximum Gasteiger partial charge on any atom is 0.226 e. The predicted octanol–water partition coefficient (Wildman–Crippen LogP) is 1.56. The van der Waals surface area contributed by atoms with Gasteiger partial charge in [0, 0.05) is 30.7 Å². The van der Waals surface area contributed by atoms with Crippen LogP contribution in [0.15, 0.2) is 22.7 Å². The summed E-state index contributed by atoms with van der Waals surface area (Å²) in [5, 5.41) is 7.38. The van der Waals surface area contributed by atoms with Gasteiger partial charge < -0.3 is 20.3 Å². The minimum atomic E-state index is 0.0704.